The molecular weight excluding hydrogens is 1010 g/mol. The molecule has 19 nitrogen and oxygen atoms in total. The lowest BCUT2D eigenvalue weighted by molar-refractivity contribution is -0.174. The standard InChI is InChI=1S/C60H92N8O11/c1-16-38(10)47-58(76)65(13)48(36(6)7)53(71)61-42(32-35(4)5)56(74)67(15)50(46(69)18-3)60(78)79-51(39(11)17-2)59(77)66(14)49(37(8)9)54(72)62-43(33-40-26-21-19-22-27-40)55(73)64(12)45(34-41-28-23-20-24-29-41)57(75)68-31-25-30-44(68)52(70)63-47/h19-24,26-29,35-39,42-51,69H,16-18,25,30-34H2,1-15H3,(H,61,71)(H,62,72)(H,63,70)/t38-,39-,42-,43-,44?,45-,46-,47-,48-,49-,50-,51+/m0/s1. The number of carbonyl (C=O) groups is 9. The topological polar surface area (TPSA) is 235 Å². The van der Waals surface area contributed by atoms with Gasteiger partial charge < -0.3 is 50.3 Å². The van der Waals surface area contributed by atoms with Crippen molar-refractivity contribution in [3.8, 4) is 0 Å². The summed E-state index contributed by atoms with van der Waals surface area (Å²) < 4.78 is 6.09. The minimum absolute atomic E-state index is 0.00397. The van der Waals surface area contributed by atoms with Crippen LogP contribution >= 0.6 is 0 Å². The van der Waals surface area contributed by atoms with Crippen LogP contribution in [-0.2, 0) is 60.7 Å². The SMILES string of the molecule is CC[C@H](C)[C@@H]1NC(=O)C2CCCN2C(=O)[C@H](Cc2ccccc2)N(C)C(=O)[C@H](Cc2ccccc2)NC(=O)[C@H](C(C)C)N(C)C(=O)[C@@H]([C@@H](C)CC)OC(=O)[C@H]([C@@H](O)CC)N(C)C(=O)[C@H](CC(C)C)NC(=O)[C@H](C(C)C)N(C)C1=O. The summed E-state index contributed by atoms with van der Waals surface area (Å²) in [5, 5.41) is 20.3. The number of ether oxygens (including phenoxy) is 1. The lowest BCUT2D eigenvalue weighted by atomic mass is 9.94. The molecule has 0 bridgehead atoms. The molecule has 0 aromatic heterocycles. The molecule has 0 spiro atoms. The van der Waals surface area contributed by atoms with Gasteiger partial charge in [-0.15, -0.1) is 0 Å². The number of carbonyl (C=O) groups excluding carboxylic acids is 9. The molecule has 438 valence electrons. The summed E-state index contributed by atoms with van der Waals surface area (Å²) in [6.07, 6.45) is -1.35. The summed E-state index contributed by atoms with van der Waals surface area (Å²) in [6, 6.07) is 8.23. The number of esters is 1. The van der Waals surface area contributed by atoms with Crippen LogP contribution in [0.2, 0.25) is 0 Å². The zero-order chi connectivity index (χ0) is 59.2. The number of rotatable bonds is 14. The fourth-order valence-corrected chi connectivity index (χ4v) is 10.9. The molecule has 12 atom stereocenters. The second kappa shape index (κ2) is 29.7. The number of aliphatic hydroxyl groups excluding tert-OH is 1. The summed E-state index contributed by atoms with van der Waals surface area (Å²) >= 11 is 0. The second-order valence-corrected chi connectivity index (χ2v) is 23.0. The molecule has 19 heteroatoms. The molecule has 2 saturated heterocycles. The van der Waals surface area contributed by atoms with Gasteiger partial charge in [0, 0.05) is 53.5 Å². The zero-order valence-electron chi connectivity index (χ0n) is 49.6. The van der Waals surface area contributed by atoms with Crippen LogP contribution in [0.3, 0.4) is 0 Å². The number of fused-ring (bicyclic) bond motifs is 1. The third-order valence-corrected chi connectivity index (χ3v) is 16.0. The molecule has 2 fully saturated rings. The Balaban J connectivity index is 1.97. The number of hydrogen-bond acceptors (Lipinski definition) is 11. The first-order chi connectivity index (χ1) is 37.2. The van der Waals surface area contributed by atoms with Crippen molar-refractivity contribution in [3.05, 3.63) is 71.8 Å². The highest BCUT2D eigenvalue weighted by atomic mass is 16.6. The number of nitrogens with one attached hydrogen (secondary N) is 3. The molecule has 2 heterocycles. The molecule has 2 aromatic rings. The molecule has 4 rings (SSSR count). The third kappa shape index (κ3) is 16.4. The summed E-state index contributed by atoms with van der Waals surface area (Å²) in [5.41, 5.74) is 1.42. The van der Waals surface area contributed by atoms with Gasteiger partial charge in [-0.3, -0.25) is 38.4 Å². The zero-order valence-corrected chi connectivity index (χ0v) is 49.6. The van der Waals surface area contributed by atoms with Crippen molar-refractivity contribution in [3.63, 3.8) is 0 Å². The van der Waals surface area contributed by atoms with Crippen LogP contribution in [-0.4, -0.2) is 178 Å². The largest absolute Gasteiger partial charge is 0.450 e. The number of likely N-dealkylation sites (N-methyl/N-ethyl adjacent to an activating group) is 4. The minimum atomic E-state index is -1.65. The van der Waals surface area contributed by atoms with Crippen LogP contribution in [0.25, 0.3) is 0 Å². The van der Waals surface area contributed by atoms with E-state index >= 15 is 9.59 Å². The van der Waals surface area contributed by atoms with E-state index in [0.717, 1.165) is 10.5 Å². The van der Waals surface area contributed by atoms with Crippen LogP contribution < -0.4 is 16.0 Å². The smallest absolute Gasteiger partial charge is 0.332 e. The highest BCUT2D eigenvalue weighted by Gasteiger charge is 2.46. The molecule has 0 saturated carbocycles. The van der Waals surface area contributed by atoms with E-state index in [9.17, 15) is 38.7 Å². The van der Waals surface area contributed by atoms with Crippen LogP contribution in [0.4, 0.5) is 0 Å². The summed E-state index contributed by atoms with van der Waals surface area (Å²) in [6.45, 7) is 19.7. The van der Waals surface area contributed by atoms with Gasteiger partial charge in [-0.05, 0) is 66.9 Å². The molecule has 79 heavy (non-hydrogen) atoms. The van der Waals surface area contributed by atoms with Gasteiger partial charge in [-0.1, -0.05) is 143 Å². The molecular formula is C60H92N8O11. The Hall–Kier alpha value is -6.37. The predicted octanol–water partition coefficient (Wildman–Crippen LogP) is 4.37. The average molecular weight is 1100 g/mol. The second-order valence-electron chi connectivity index (χ2n) is 23.0. The Labute approximate surface area is 469 Å². The number of benzene rings is 2. The molecule has 8 amide bonds. The maximum absolute atomic E-state index is 15.3. The Morgan fingerprint density at radius 2 is 1.03 bits per heavy atom. The fourth-order valence-electron chi connectivity index (χ4n) is 10.9. The number of cyclic esters (lactones) is 1. The van der Waals surface area contributed by atoms with Gasteiger partial charge in [0.05, 0.1) is 6.10 Å². The summed E-state index contributed by atoms with van der Waals surface area (Å²) in [4.78, 5) is 140. The van der Waals surface area contributed by atoms with Crippen molar-refractivity contribution < 1.29 is 53.0 Å². The Morgan fingerprint density at radius 3 is 1.52 bits per heavy atom. The Morgan fingerprint density at radius 1 is 0.544 bits per heavy atom. The van der Waals surface area contributed by atoms with Crippen molar-refractivity contribution >= 4 is 53.2 Å². The van der Waals surface area contributed by atoms with E-state index < -0.39 is 137 Å². The van der Waals surface area contributed by atoms with E-state index in [2.05, 4.69) is 16.0 Å². The molecule has 2 aromatic carbocycles. The van der Waals surface area contributed by atoms with Crippen LogP contribution in [0, 0.1) is 29.6 Å². The van der Waals surface area contributed by atoms with E-state index in [1.165, 1.54) is 47.8 Å². The van der Waals surface area contributed by atoms with Crippen molar-refractivity contribution in [2.24, 2.45) is 29.6 Å². The quantitative estimate of drug-likeness (QED) is 0.194. The van der Waals surface area contributed by atoms with Crippen LogP contribution in [0.1, 0.15) is 126 Å². The third-order valence-electron chi connectivity index (χ3n) is 16.0. The predicted molar refractivity (Wildman–Crippen MR) is 301 cm³/mol. The highest BCUT2D eigenvalue weighted by molar-refractivity contribution is 5.99. The number of aliphatic hydroxyl groups is 1. The van der Waals surface area contributed by atoms with Crippen LogP contribution in [0.15, 0.2) is 60.7 Å². The molecule has 0 aliphatic carbocycles. The number of amides is 8. The lowest BCUT2D eigenvalue weighted by Crippen LogP contribution is -2.62. The summed E-state index contributed by atoms with van der Waals surface area (Å²) in [7, 11) is 5.69. The first kappa shape index (κ1) is 65.2. The molecule has 2 aliphatic rings. The molecule has 2 aliphatic heterocycles. The van der Waals surface area contributed by atoms with Gasteiger partial charge in [-0.2, -0.15) is 0 Å². The monoisotopic (exact) mass is 1100 g/mol. The van der Waals surface area contributed by atoms with E-state index in [-0.39, 0.29) is 44.6 Å². The van der Waals surface area contributed by atoms with Gasteiger partial charge in [0.25, 0.3) is 5.91 Å². The van der Waals surface area contributed by atoms with Gasteiger partial charge in [0.1, 0.15) is 42.3 Å². The fraction of sp³-hybridized carbons (Fsp3) is 0.650. The average Bonchev–Trinajstić information content (AvgIpc) is 3.95. The van der Waals surface area contributed by atoms with Gasteiger partial charge >= 0.3 is 5.97 Å². The van der Waals surface area contributed by atoms with E-state index in [0.29, 0.717) is 24.8 Å². The Kier molecular flexibility index (Phi) is 24.5. The first-order valence-electron chi connectivity index (χ1n) is 28.5. The molecule has 1 unspecified atom stereocenters. The maximum atomic E-state index is 15.3. The van der Waals surface area contributed by atoms with Crippen LogP contribution in [0.5, 0.6) is 0 Å². The first-order valence-corrected chi connectivity index (χ1v) is 28.5. The molecule has 0 radical (unpaired) electrons. The highest BCUT2D eigenvalue weighted by Crippen LogP contribution is 2.26. The summed E-state index contributed by atoms with van der Waals surface area (Å²) in [5.74, 6) is -8.54. The van der Waals surface area contributed by atoms with Crippen molar-refractivity contribution in [2.75, 3.05) is 34.7 Å². The van der Waals surface area contributed by atoms with E-state index in [4.69, 9.17) is 4.74 Å². The number of nitrogens with zero attached hydrogens (tertiary/aromatic N) is 5. The number of hydrogen-bond donors (Lipinski definition) is 4. The molecule has 4 N–H and O–H groups in total. The van der Waals surface area contributed by atoms with E-state index in [1.807, 2.05) is 76.2 Å². The lowest BCUT2D eigenvalue weighted by Gasteiger charge is -2.38. The minimum Gasteiger partial charge on any atom is -0.450 e. The van der Waals surface area contributed by atoms with Gasteiger partial charge in [0.2, 0.25) is 41.4 Å². The maximum Gasteiger partial charge on any atom is 0.332 e. The normalized spacial score (nSPS) is 26.7. The van der Waals surface area contributed by atoms with Crippen molar-refractivity contribution in [2.45, 2.75) is 188 Å². The van der Waals surface area contributed by atoms with Crippen molar-refractivity contribution in [1.82, 2.24) is 40.4 Å². The van der Waals surface area contributed by atoms with E-state index in [1.54, 1.807) is 60.6 Å². The van der Waals surface area contributed by atoms with Gasteiger partial charge in [-0.25, -0.2) is 4.79 Å². The van der Waals surface area contributed by atoms with Crippen molar-refractivity contribution in [1.29, 1.82) is 0 Å². The Bertz CT molecular complexity index is 2400. The van der Waals surface area contributed by atoms with Gasteiger partial charge in [0.15, 0.2) is 12.1 Å².